The van der Waals surface area contributed by atoms with E-state index in [2.05, 4.69) is 5.32 Å². The molecule has 4 heteroatoms. The summed E-state index contributed by atoms with van der Waals surface area (Å²) in [7, 11) is 0. The number of rotatable bonds is 4. The van der Waals surface area contributed by atoms with Crippen molar-refractivity contribution in [3.63, 3.8) is 0 Å². The first-order valence-corrected chi connectivity index (χ1v) is 8.24. The summed E-state index contributed by atoms with van der Waals surface area (Å²) in [6.07, 6.45) is 0.272. The molecule has 1 aliphatic heterocycles. The number of anilines is 1. The van der Waals surface area contributed by atoms with Crippen molar-refractivity contribution in [2.45, 2.75) is 26.8 Å². The highest BCUT2D eigenvalue weighted by molar-refractivity contribution is 6.01. The Morgan fingerprint density at radius 2 is 1.75 bits per heavy atom. The lowest BCUT2D eigenvalue weighted by Gasteiger charge is -2.21. The van der Waals surface area contributed by atoms with E-state index in [-0.39, 0.29) is 24.2 Å². The highest BCUT2D eigenvalue weighted by atomic mass is 16.2. The smallest absolute Gasteiger partial charge is 0.227 e. The number of nitrogens with one attached hydrogen (secondary N) is 1. The summed E-state index contributed by atoms with van der Waals surface area (Å²) in [5, 5.41) is 2.94. The van der Waals surface area contributed by atoms with E-state index in [1.54, 1.807) is 4.90 Å². The minimum atomic E-state index is -0.291. The third-order valence-electron chi connectivity index (χ3n) is 4.51. The maximum absolute atomic E-state index is 12.4. The zero-order valence-electron chi connectivity index (χ0n) is 14.1. The minimum absolute atomic E-state index is 0.0206. The molecular formula is C20H22N2O2. The van der Waals surface area contributed by atoms with Gasteiger partial charge < -0.3 is 10.2 Å². The number of para-hydroxylation sites is 1. The number of carbonyl (C=O) groups is 2. The molecule has 3 rings (SSSR count). The molecule has 124 valence electrons. The van der Waals surface area contributed by atoms with E-state index in [1.807, 2.05) is 62.4 Å². The van der Waals surface area contributed by atoms with Gasteiger partial charge in [-0.05, 0) is 30.5 Å². The van der Waals surface area contributed by atoms with Crippen molar-refractivity contribution in [3.8, 4) is 0 Å². The Hall–Kier alpha value is -2.62. The lowest BCUT2D eigenvalue weighted by atomic mass is 10.1. The molecule has 2 aromatic carbocycles. The van der Waals surface area contributed by atoms with Crippen molar-refractivity contribution in [2.24, 2.45) is 5.92 Å². The SMILES string of the molecule is Cc1cccc(C)c1N1C[C@H](C(=O)NCc2ccccc2)CC1=O. The normalized spacial score (nSPS) is 17.2. The number of hydrogen-bond acceptors (Lipinski definition) is 2. The summed E-state index contributed by atoms with van der Waals surface area (Å²) in [5.41, 5.74) is 4.13. The molecule has 0 bridgehead atoms. The number of aryl methyl sites for hydroxylation is 2. The van der Waals surface area contributed by atoms with E-state index in [9.17, 15) is 9.59 Å². The van der Waals surface area contributed by atoms with Crippen LogP contribution in [0, 0.1) is 19.8 Å². The highest BCUT2D eigenvalue weighted by Crippen LogP contribution is 2.30. The van der Waals surface area contributed by atoms with Crippen LogP contribution in [0.3, 0.4) is 0 Å². The Morgan fingerprint density at radius 1 is 1.08 bits per heavy atom. The molecule has 0 aliphatic carbocycles. The molecule has 0 saturated carbocycles. The van der Waals surface area contributed by atoms with E-state index in [0.717, 1.165) is 22.4 Å². The largest absolute Gasteiger partial charge is 0.352 e. The van der Waals surface area contributed by atoms with Gasteiger partial charge in [0.15, 0.2) is 0 Å². The molecule has 2 aromatic rings. The van der Waals surface area contributed by atoms with Crippen molar-refractivity contribution in [1.29, 1.82) is 0 Å². The second kappa shape index (κ2) is 6.87. The van der Waals surface area contributed by atoms with E-state index in [1.165, 1.54) is 0 Å². The number of nitrogens with zero attached hydrogens (tertiary/aromatic N) is 1. The second-order valence-electron chi connectivity index (χ2n) is 6.35. The molecule has 1 saturated heterocycles. The molecule has 0 aromatic heterocycles. The molecule has 24 heavy (non-hydrogen) atoms. The summed E-state index contributed by atoms with van der Waals surface area (Å²) in [6.45, 7) is 4.94. The van der Waals surface area contributed by atoms with E-state index in [0.29, 0.717) is 13.1 Å². The van der Waals surface area contributed by atoms with Gasteiger partial charge in [-0.2, -0.15) is 0 Å². The van der Waals surface area contributed by atoms with Crippen molar-refractivity contribution < 1.29 is 9.59 Å². The first-order valence-electron chi connectivity index (χ1n) is 8.24. The topological polar surface area (TPSA) is 49.4 Å². The third kappa shape index (κ3) is 3.32. The van der Waals surface area contributed by atoms with E-state index in [4.69, 9.17) is 0 Å². The Bertz CT molecular complexity index is 735. The van der Waals surface area contributed by atoms with Crippen LogP contribution in [0.25, 0.3) is 0 Å². The zero-order valence-corrected chi connectivity index (χ0v) is 14.1. The zero-order chi connectivity index (χ0) is 17.1. The molecule has 0 radical (unpaired) electrons. The predicted molar refractivity (Wildman–Crippen MR) is 94.7 cm³/mol. The highest BCUT2D eigenvalue weighted by Gasteiger charge is 2.36. The van der Waals surface area contributed by atoms with Crippen molar-refractivity contribution in [1.82, 2.24) is 5.32 Å². The van der Waals surface area contributed by atoms with Crippen molar-refractivity contribution >= 4 is 17.5 Å². The molecule has 1 aliphatic rings. The average Bonchev–Trinajstić information content (AvgIpc) is 2.95. The summed E-state index contributed by atoms with van der Waals surface area (Å²) < 4.78 is 0. The Kier molecular flexibility index (Phi) is 4.65. The Morgan fingerprint density at radius 3 is 2.42 bits per heavy atom. The fraction of sp³-hybridized carbons (Fsp3) is 0.300. The van der Waals surface area contributed by atoms with E-state index >= 15 is 0 Å². The molecular weight excluding hydrogens is 300 g/mol. The lowest BCUT2D eigenvalue weighted by molar-refractivity contribution is -0.126. The maximum atomic E-state index is 12.4. The minimum Gasteiger partial charge on any atom is -0.352 e. The second-order valence-corrected chi connectivity index (χ2v) is 6.35. The van der Waals surface area contributed by atoms with Crippen LogP contribution in [0.2, 0.25) is 0 Å². The van der Waals surface area contributed by atoms with Crippen LogP contribution >= 0.6 is 0 Å². The maximum Gasteiger partial charge on any atom is 0.227 e. The molecule has 0 unspecified atom stereocenters. The van der Waals surface area contributed by atoms with Gasteiger partial charge in [-0.25, -0.2) is 0 Å². The first-order chi connectivity index (χ1) is 11.6. The van der Waals surface area contributed by atoms with Gasteiger partial charge in [-0.15, -0.1) is 0 Å². The quantitative estimate of drug-likeness (QED) is 0.941. The van der Waals surface area contributed by atoms with Crippen molar-refractivity contribution in [2.75, 3.05) is 11.4 Å². The fourth-order valence-electron chi connectivity index (χ4n) is 3.26. The van der Waals surface area contributed by atoms with Gasteiger partial charge >= 0.3 is 0 Å². The average molecular weight is 322 g/mol. The van der Waals surface area contributed by atoms with Gasteiger partial charge in [0.25, 0.3) is 0 Å². The summed E-state index contributed by atoms with van der Waals surface area (Å²) in [6, 6.07) is 15.8. The molecule has 1 fully saturated rings. The Labute approximate surface area is 142 Å². The van der Waals surface area contributed by atoms with Gasteiger partial charge in [0.2, 0.25) is 11.8 Å². The molecule has 0 spiro atoms. The third-order valence-corrected chi connectivity index (χ3v) is 4.51. The standard InChI is InChI=1S/C20H22N2O2/c1-14-7-6-8-15(2)19(14)22-13-17(11-18(22)23)20(24)21-12-16-9-4-3-5-10-16/h3-10,17H,11-13H2,1-2H3,(H,21,24)/t17-/m1/s1. The molecule has 1 N–H and O–H groups in total. The van der Waals surface area contributed by atoms with Gasteiger partial charge in [-0.3, -0.25) is 9.59 Å². The van der Waals surface area contributed by atoms with Crippen LogP contribution in [0.15, 0.2) is 48.5 Å². The van der Waals surface area contributed by atoms with E-state index < -0.39 is 0 Å². The van der Waals surface area contributed by atoms with Gasteiger partial charge in [0, 0.05) is 25.2 Å². The monoisotopic (exact) mass is 322 g/mol. The summed E-state index contributed by atoms with van der Waals surface area (Å²) in [5.74, 6) is -0.326. The summed E-state index contributed by atoms with van der Waals surface area (Å²) in [4.78, 5) is 26.6. The van der Waals surface area contributed by atoms with Crippen LogP contribution in [0.4, 0.5) is 5.69 Å². The number of carbonyl (C=O) groups excluding carboxylic acids is 2. The Balaban J connectivity index is 1.67. The predicted octanol–water partition coefficient (Wildman–Crippen LogP) is 2.97. The van der Waals surface area contributed by atoms with Crippen LogP contribution in [0.1, 0.15) is 23.1 Å². The summed E-state index contributed by atoms with van der Waals surface area (Å²) >= 11 is 0. The molecule has 1 heterocycles. The van der Waals surface area contributed by atoms with Crippen LogP contribution in [0.5, 0.6) is 0 Å². The van der Waals surface area contributed by atoms with Crippen LogP contribution in [-0.2, 0) is 16.1 Å². The molecule has 1 atom stereocenters. The van der Waals surface area contributed by atoms with Gasteiger partial charge in [-0.1, -0.05) is 48.5 Å². The number of amides is 2. The first kappa shape index (κ1) is 16.2. The fourth-order valence-corrected chi connectivity index (χ4v) is 3.26. The lowest BCUT2D eigenvalue weighted by Crippen LogP contribution is -2.33. The van der Waals surface area contributed by atoms with Crippen LogP contribution < -0.4 is 10.2 Å². The number of benzene rings is 2. The van der Waals surface area contributed by atoms with Gasteiger partial charge in [0.05, 0.1) is 5.92 Å². The van der Waals surface area contributed by atoms with Gasteiger partial charge in [0.1, 0.15) is 0 Å². The molecule has 4 nitrogen and oxygen atoms in total. The molecule has 2 amide bonds. The van der Waals surface area contributed by atoms with Crippen LogP contribution in [-0.4, -0.2) is 18.4 Å². The number of hydrogen-bond donors (Lipinski definition) is 1. The van der Waals surface area contributed by atoms with Crippen molar-refractivity contribution in [3.05, 3.63) is 65.2 Å².